The second kappa shape index (κ2) is 12.5. The Balaban J connectivity index is 1.31. The maximum Gasteiger partial charge on any atom is 0.257 e. The first-order valence-electron chi connectivity index (χ1n) is 13.5. The van der Waals surface area contributed by atoms with Gasteiger partial charge in [0.05, 0.1) is 30.5 Å². The fraction of sp³-hybridized carbons (Fsp3) is 0.281. The van der Waals surface area contributed by atoms with Crippen LogP contribution in [0.4, 0.5) is 11.4 Å². The molecule has 0 aliphatic carbocycles. The number of anilines is 2. The maximum absolute atomic E-state index is 12.6. The van der Waals surface area contributed by atoms with Crippen LogP contribution in [0.15, 0.2) is 102 Å². The van der Waals surface area contributed by atoms with Gasteiger partial charge in [-0.15, -0.1) is 0 Å². The fourth-order valence-corrected chi connectivity index (χ4v) is 4.73. The molecule has 0 bridgehead atoms. The number of pyridine rings is 1. The number of aromatic nitrogens is 1. The predicted octanol–water partition coefficient (Wildman–Crippen LogP) is 5.75. The molecule has 5 rings (SSSR count). The fourth-order valence-electron chi connectivity index (χ4n) is 4.73. The number of benzene rings is 2. The van der Waals surface area contributed by atoms with Crippen LogP contribution in [0.1, 0.15) is 47.8 Å². The molecular formula is C32H35N5O2. The highest BCUT2D eigenvalue weighted by Crippen LogP contribution is 2.23. The van der Waals surface area contributed by atoms with Crippen molar-refractivity contribution in [2.45, 2.75) is 26.3 Å². The van der Waals surface area contributed by atoms with Gasteiger partial charge >= 0.3 is 0 Å². The first kappa shape index (κ1) is 26.4. The van der Waals surface area contributed by atoms with Crippen molar-refractivity contribution in [1.29, 1.82) is 0 Å². The second-order valence-electron chi connectivity index (χ2n) is 10.00. The Morgan fingerprint density at radius 2 is 1.90 bits per heavy atom. The molecule has 7 heteroatoms. The van der Waals surface area contributed by atoms with Crippen LogP contribution in [0.5, 0.6) is 0 Å². The molecule has 2 aromatic carbocycles. The number of ether oxygens (including phenoxy) is 1. The lowest BCUT2D eigenvalue weighted by Crippen LogP contribution is -2.36. The average molecular weight is 522 g/mol. The minimum Gasteiger partial charge on any atom is -0.378 e. The normalized spacial score (nSPS) is 21.8. The van der Waals surface area contributed by atoms with Gasteiger partial charge in [-0.05, 0) is 73.4 Å². The van der Waals surface area contributed by atoms with Crippen LogP contribution in [0.2, 0.25) is 0 Å². The highest BCUT2D eigenvalue weighted by atomic mass is 16.5. The lowest BCUT2D eigenvalue weighted by molar-refractivity contribution is 0.102. The third-order valence-electron chi connectivity index (χ3n) is 6.94. The minimum absolute atomic E-state index is 0.0178. The quantitative estimate of drug-likeness (QED) is 0.414. The molecule has 3 heterocycles. The number of nitrogens with zero attached hydrogens (tertiary/aromatic N) is 3. The summed E-state index contributed by atoms with van der Waals surface area (Å²) in [4.78, 5) is 24.0. The summed E-state index contributed by atoms with van der Waals surface area (Å²) in [5, 5.41) is 6.57. The number of carbonyl (C=O) groups is 1. The second-order valence-corrected chi connectivity index (χ2v) is 10.00. The Labute approximate surface area is 230 Å². The van der Waals surface area contributed by atoms with Crippen LogP contribution >= 0.6 is 0 Å². The number of hydrogen-bond donors (Lipinski definition) is 2. The third kappa shape index (κ3) is 7.00. The molecule has 1 amide bonds. The van der Waals surface area contributed by atoms with Crippen LogP contribution in [0.3, 0.4) is 0 Å². The number of nitrogens with one attached hydrogen (secondary N) is 2. The lowest BCUT2D eigenvalue weighted by atomic mass is 10.0. The van der Waals surface area contributed by atoms with E-state index in [0.29, 0.717) is 11.5 Å². The number of amides is 1. The molecule has 39 heavy (non-hydrogen) atoms. The van der Waals surface area contributed by atoms with Gasteiger partial charge in [-0.2, -0.15) is 0 Å². The largest absolute Gasteiger partial charge is 0.378 e. The first-order chi connectivity index (χ1) is 19.0. The third-order valence-corrected chi connectivity index (χ3v) is 6.94. The molecule has 2 aliphatic rings. The Bertz CT molecular complexity index is 1360. The summed E-state index contributed by atoms with van der Waals surface area (Å²) >= 11 is 0. The van der Waals surface area contributed by atoms with Gasteiger partial charge in [-0.3, -0.25) is 9.78 Å². The van der Waals surface area contributed by atoms with Crippen molar-refractivity contribution in [2.24, 2.45) is 10.9 Å². The molecular weight excluding hydrogens is 486 g/mol. The van der Waals surface area contributed by atoms with Crippen LogP contribution < -0.4 is 15.5 Å². The van der Waals surface area contributed by atoms with E-state index in [2.05, 4.69) is 82.9 Å². The standard InChI is InChI=1S/C32H35N5O2/c1-23-6-3-10-30(25-11-13-29(14-12-25)37-16-18-39-19-17-37)36-31(20-23)34-24(2)26-7-4-9-28(21-26)35-32(38)27-8-5-15-33-22-27/h3-5,7-15,20-24,34H,6,16-19H2,1-2H3,(H,35,38)/b10-3+,31-20-,36-30-/t23?,24-/m0/s1. The molecule has 200 valence electrons. The number of rotatable bonds is 7. The van der Waals surface area contributed by atoms with Crippen molar-refractivity contribution in [3.05, 3.63) is 114 Å². The van der Waals surface area contributed by atoms with Crippen LogP contribution in [-0.2, 0) is 4.74 Å². The lowest BCUT2D eigenvalue weighted by Gasteiger charge is -2.29. The Morgan fingerprint density at radius 1 is 1.08 bits per heavy atom. The molecule has 0 radical (unpaired) electrons. The van der Waals surface area contributed by atoms with E-state index in [-0.39, 0.29) is 11.9 Å². The molecule has 2 N–H and O–H groups in total. The number of hydrogen-bond acceptors (Lipinski definition) is 6. The summed E-state index contributed by atoms with van der Waals surface area (Å²) in [6.45, 7) is 7.68. The predicted molar refractivity (Wildman–Crippen MR) is 157 cm³/mol. The van der Waals surface area contributed by atoms with Gasteiger partial charge in [0.2, 0.25) is 0 Å². The Hall–Kier alpha value is -4.23. The highest BCUT2D eigenvalue weighted by Gasteiger charge is 2.14. The van der Waals surface area contributed by atoms with Gasteiger partial charge < -0.3 is 20.3 Å². The van der Waals surface area contributed by atoms with E-state index < -0.39 is 0 Å². The monoisotopic (exact) mass is 521 g/mol. The molecule has 0 spiro atoms. The highest BCUT2D eigenvalue weighted by molar-refractivity contribution is 6.09. The smallest absolute Gasteiger partial charge is 0.257 e. The van der Waals surface area contributed by atoms with E-state index in [1.807, 2.05) is 18.2 Å². The van der Waals surface area contributed by atoms with Crippen LogP contribution in [0.25, 0.3) is 0 Å². The van der Waals surface area contributed by atoms with Crippen molar-refractivity contribution in [3.63, 3.8) is 0 Å². The zero-order valence-corrected chi connectivity index (χ0v) is 22.5. The van der Waals surface area contributed by atoms with Crippen molar-refractivity contribution < 1.29 is 9.53 Å². The summed E-state index contributed by atoms with van der Waals surface area (Å²) in [5.74, 6) is 1.02. The van der Waals surface area contributed by atoms with E-state index in [4.69, 9.17) is 9.73 Å². The topological polar surface area (TPSA) is 78.8 Å². The number of aliphatic imine (C=N–C) groups is 1. The number of carbonyl (C=O) groups excluding carboxylic acids is 1. The van der Waals surface area contributed by atoms with Crippen molar-refractivity contribution in [1.82, 2.24) is 10.3 Å². The van der Waals surface area contributed by atoms with Gasteiger partial charge in [0.25, 0.3) is 5.91 Å². The van der Waals surface area contributed by atoms with Gasteiger partial charge in [0, 0.05) is 42.4 Å². The summed E-state index contributed by atoms with van der Waals surface area (Å²) in [6.07, 6.45) is 10.7. The van der Waals surface area contributed by atoms with Gasteiger partial charge in [0.1, 0.15) is 5.82 Å². The van der Waals surface area contributed by atoms with Crippen molar-refractivity contribution in [3.8, 4) is 0 Å². The molecule has 1 aromatic heterocycles. The Morgan fingerprint density at radius 3 is 2.67 bits per heavy atom. The van der Waals surface area contributed by atoms with E-state index in [1.165, 1.54) is 5.69 Å². The van der Waals surface area contributed by atoms with Crippen LogP contribution in [0, 0.1) is 5.92 Å². The maximum atomic E-state index is 12.6. The van der Waals surface area contributed by atoms with E-state index >= 15 is 0 Å². The molecule has 3 aromatic rings. The Kier molecular flexibility index (Phi) is 8.48. The summed E-state index contributed by atoms with van der Waals surface area (Å²) in [5.41, 5.74) is 5.54. The zero-order chi connectivity index (χ0) is 27.0. The molecule has 0 saturated carbocycles. The summed E-state index contributed by atoms with van der Waals surface area (Å²) in [7, 11) is 0. The summed E-state index contributed by atoms with van der Waals surface area (Å²) in [6, 6.07) is 20.0. The molecule has 1 fully saturated rings. The van der Waals surface area contributed by atoms with Crippen LogP contribution in [-0.4, -0.2) is 42.9 Å². The van der Waals surface area contributed by atoms with Gasteiger partial charge in [-0.1, -0.05) is 37.3 Å². The number of morpholine rings is 1. The summed E-state index contributed by atoms with van der Waals surface area (Å²) < 4.78 is 5.49. The SMILES string of the molecule is CC1\C=C(N[C@@H](C)c2cccc(NC(=O)c3cccnc3)c2)/N=C(c2ccc(N3CCOCC3)cc2)/C=C/C1. The zero-order valence-electron chi connectivity index (χ0n) is 22.5. The van der Waals surface area contributed by atoms with Gasteiger partial charge in [0.15, 0.2) is 0 Å². The molecule has 7 nitrogen and oxygen atoms in total. The molecule has 2 aliphatic heterocycles. The van der Waals surface area contributed by atoms with Crippen molar-refractivity contribution in [2.75, 3.05) is 36.5 Å². The molecule has 1 saturated heterocycles. The van der Waals surface area contributed by atoms with E-state index in [9.17, 15) is 4.79 Å². The van der Waals surface area contributed by atoms with E-state index in [0.717, 1.165) is 61.1 Å². The molecule has 2 atom stereocenters. The molecule has 1 unspecified atom stereocenters. The number of allylic oxidation sites excluding steroid dienone is 3. The first-order valence-corrected chi connectivity index (χ1v) is 13.5. The van der Waals surface area contributed by atoms with E-state index in [1.54, 1.807) is 24.5 Å². The minimum atomic E-state index is -0.182. The average Bonchev–Trinajstić information content (AvgIpc) is 2.96. The van der Waals surface area contributed by atoms with Gasteiger partial charge in [-0.25, -0.2) is 4.99 Å². The van der Waals surface area contributed by atoms with Crippen molar-refractivity contribution >= 4 is 23.0 Å².